The first kappa shape index (κ1) is 23.5. The fourth-order valence-electron chi connectivity index (χ4n) is 6.67. The summed E-state index contributed by atoms with van der Waals surface area (Å²) in [6.45, 7) is 0. The maximum absolute atomic E-state index is 6.34. The molecule has 0 aliphatic rings. The van der Waals surface area contributed by atoms with E-state index < -0.39 is 0 Å². The van der Waals surface area contributed by atoms with Gasteiger partial charge in [-0.15, -0.1) is 0 Å². The van der Waals surface area contributed by atoms with Gasteiger partial charge in [-0.3, -0.25) is 0 Å². The van der Waals surface area contributed by atoms with E-state index in [4.69, 9.17) is 13.3 Å². The monoisotopic (exact) mass is 566 g/mol. The summed E-state index contributed by atoms with van der Waals surface area (Å²) in [5.74, 6) is 0. The lowest BCUT2D eigenvalue weighted by molar-refractivity contribution is 0.657. The minimum atomic E-state index is 0.643. The van der Waals surface area contributed by atoms with E-state index in [0.717, 1.165) is 88.1 Å². The second-order valence-corrected chi connectivity index (χ2v) is 11.2. The SMILES string of the molecule is c1ccc2c(c1)oc1cc(N(c3ccc4oc5ccccc5c4c3)c3ccc4ccc5c6cccnc6oc5c4c3)ccc12. The van der Waals surface area contributed by atoms with Crippen molar-refractivity contribution in [2.75, 3.05) is 4.90 Å². The maximum Gasteiger partial charge on any atom is 0.227 e. The first-order valence-corrected chi connectivity index (χ1v) is 14.6. The molecule has 0 bridgehead atoms. The van der Waals surface area contributed by atoms with Crippen molar-refractivity contribution in [2.45, 2.75) is 0 Å². The van der Waals surface area contributed by atoms with Crippen LogP contribution in [0.15, 0.2) is 147 Å². The number of anilines is 3. The van der Waals surface area contributed by atoms with E-state index in [9.17, 15) is 0 Å². The molecule has 0 spiro atoms. The maximum atomic E-state index is 6.34. The average molecular weight is 567 g/mol. The molecule has 5 heteroatoms. The van der Waals surface area contributed by atoms with Gasteiger partial charge in [0.2, 0.25) is 5.71 Å². The molecule has 0 fully saturated rings. The predicted octanol–water partition coefficient (Wildman–Crippen LogP) is 11.4. The summed E-state index contributed by atoms with van der Waals surface area (Å²) in [4.78, 5) is 6.75. The Morgan fingerprint density at radius 2 is 1.00 bits per heavy atom. The smallest absolute Gasteiger partial charge is 0.227 e. The molecule has 0 amide bonds. The summed E-state index contributed by atoms with van der Waals surface area (Å²) < 4.78 is 18.8. The highest BCUT2D eigenvalue weighted by Gasteiger charge is 2.19. The number of hydrogen-bond acceptors (Lipinski definition) is 5. The molecule has 0 saturated heterocycles. The number of fused-ring (bicyclic) bond motifs is 11. The van der Waals surface area contributed by atoms with Crippen LogP contribution in [-0.4, -0.2) is 4.98 Å². The number of nitrogens with zero attached hydrogens (tertiary/aromatic N) is 2. The van der Waals surface area contributed by atoms with Crippen LogP contribution in [0.1, 0.15) is 0 Å². The second-order valence-electron chi connectivity index (χ2n) is 11.2. The molecule has 0 unspecified atom stereocenters. The van der Waals surface area contributed by atoms with Crippen LogP contribution in [0.2, 0.25) is 0 Å². The Kier molecular flexibility index (Phi) is 4.66. The van der Waals surface area contributed by atoms with E-state index in [1.165, 1.54) is 0 Å². The molecule has 0 radical (unpaired) electrons. The number of para-hydroxylation sites is 2. The molecule has 6 aromatic carbocycles. The van der Waals surface area contributed by atoms with Crippen LogP contribution in [0.4, 0.5) is 17.1 Å². The van der Waals surface area contributed by atoms with Crippen LogP contribution in [0.5, 0.6) is 0 Å². The standard InChI is InChI=1S/C39H22N2O3/c1-3-9-34-27(6-1)29-17-14-26(22-37(29)43-34)41(25-15-18-36-33(21-25)28-7-2-4-10-35(28)42-36)24-13-11-23-12-16-30-31-8-5-19-40-39(31)44-38(30)32(23)20-24/h1-22H. The average Bonchev–Trinajstić information content (AvgIpc) is 3.76. The Hall–Kier alpha value is -6.07. The number of furan rings is 3. The van der Waals surface area contributed by atoms with Crippen LogP contribution in [-0.2, 0) is 0 Å². The summed E-state index contributed by atoms with van der Waals surface area (Å²) in [5, 5.41) is 8.56. The zero-order valence-corrected chi connectivity index (χ0v) is 23.3. The van der Waals surface area contributed by atoms with Crippen LogP contribution in [0.25, 0.3) is 76.7 Å². The van der Waals surface area contributed by atoms with E-state index in [-0.39, 0.29) is 0 Å². The van der Waals surface area contributed by atoms with Crippen molar-refractivity contribution in [1.82, 2.24) is 4.98 Å². The van der Waals surface area contributed by atoms with Gasteiger partial charge in [0.05, 0.1) is 0 Å². The van der Waals surface area contributed by atoms with Gasteiger partial charge in [-0.1, -0.05) is 48.5 Å². The summed E-state index contributed by atoms with van der Waals surface area (Å²) in [5.41, 5.74) is 7.94. The van der Waals surface area contributed by atoms with Crippen molar-refractivity contribution < 1.29 is 13.3 Å². The van der Waals surface area contributed by atoms with Crippen LogP contribution < -0.4 is 4.90 Å². The molecule has 44 heavy (non-hydrogen) atoms. The molecule has 10 rings (SSSR count). The quantitative estimate of drug-likeness (QED) is 0.213. The second kappa shape index (κ2) is 8.72. The van der Waals surface area contributed by atoms with E-state index in [0.29, 0.717) is 5.71 Å². The zero-order chi connectivity index (χ0) is 28.8. The van der Waals surface area contributed by atoms with Crippen molar-refractivity contribution in [3.63, 3.8) is 0 Å². The summed E-state index contributed by atoms with van der Waals surface area (Å²) in [6, 6.07) is 44.0. The van der Waals surface area contributed by atoms with Crippen molar-refractivity contribution in [3.05, 3.63) is 134 Å². The molecular formula is C39H22N2O3. The summed E-state index contributed by atoms with van der Waals surface area (Å²) in [6.07, 6.45) is 1.77. The lowest BCUT2D eigenvalue weighted by atomic mass is 10.0. The molecule has 206 valence electrons. The topological polar surface area (TPSA) is 55.6 Å². The first-order valence-electron chi connectivity index (χ1n) is 14.6. The van der Waals surface area contributed by atoms with Gasteiger partial charge in [-0.05, 0) is 78.2 Å². The zero-order valence-electron chi connectivity index (χ0n) is 23.3. The third-order valence-corrected chi connectivity index (χ3v) is 8.71. The molecule has 10 aromatic rings. The number of pyridine rings is 1. The minimum absolute atomic E-state index is 0.643. The van der Waals surface area contributed by atoms with E-state index >= 15 is 0 Å². The lowest BCUT2D eigenvalue weighted by Gasteiger charge is -2.26. The molecule has 0 N–H and O–H groups in total. The predicted molar refractivity (Wildman–Crippen MR) is 178 cm³/mol. The molecule has 4 aromatic heterocycles. The van der Waals surface area contributed by atoms with E-state index in [2.05, 4.69) is 94.8 Å². The number of benzene rings is 6. The molecule has 5 nitrogen and oxygen atoms in total. The van der Waals surface area contributed by atoms with Gasteiger partial charge in [0.1, 0.15) is 27.9 Å². The fraction of sp³-hybridized carbons (Fsp3) is 0. The largest absolute Gasteiger partial charge is 0.456 e. The van der Waals surface area contributed by atoms with E-state index in [1.54, 1.807) is 6.20 Å². The molecule has 4 heterocycles. The third kappa shape index (κ3) is 3.32. The fourth-order valence-corrected chi connectivity index (χ4v) is 6.67. The number of aromatic nitrogens is 1. The Labute approximate surface area is 250 Å². The van der Waals surface area contributed by atoms with Gasteiger partial charge in [-0.25, -0.2) is 4.98 Å². The Balaban J connectivity index is 1.24. The van der Waals surface area contributed by atoms with Crippen molar-refractivity contribution in [3.8, 4) is 0 Å². The highest BCUT2D eigenvalue weighted by molar-refractivity contribution is 6.15. The molecule has 0 atom stereocenters. The van der Waals surface area contributed by atoms with Crippen LogP contribution in [0.3, 0.4) is 0 Å². The van der Waals surface area contributed by atoms with Crippen molar-refractivity contribution in [2.24, 2.45) is 0 Å². The normalized spacial score (nSPS) is 12.1. The van der Waals surface area contributed by atoms with Gasteiger partial charge in [0, 0.05) is 67.0 Å². The minimum Gasteiger partial charge on any atom is -0.456 e. The van der Waals surface area contributed by atoms with Gasteiger partial charge in [0.15, 0.2) is 0 Å². The lowest BCUT2D eigenvalue weighted by Crippen LogP contribution is -2.09. The van der Waals surface area contributed by atoms with Crippen molar-refractivity contribution in [1.29, 1.82) is 0 Å². The van der Waals surface area contributed by atoms with Crippen LogP contribution in [0, 0.1) is 0 Å². The summed E-state index contributed by atoms with van der Waals surface area (Å²) >= 11 is 0. The molecule has 0 aliphatic heterocycles. The Bertz CT molecular complexity index is 2750. The highest BCUT2D eigenvalue weighted by atomic mass is 16.3. The summed E-state index contributed by atoms with van der Waals surface area (Å²) in [7, 11) is 0. The van der Waals surface area contributed by atoms with Gasteiger partial charge >= 0.3 is 0 Å². The number of rotatable bonds is 3. The molecule has 0 saturated carbocycles. The van der Waals surface area contributed by atoms with E-state index in [1.807, 2.05) is 42.5 Å². The Morgan fingerprint density at radius 1 is 0.409 bits per heavy atom. The van der Waals surface area contributed by atoms with Crippen molar-refractivity contribution >= 4 is 93.8 Å². The van der Waals surface area contributed by atoms with Gasteiger partial charge < -0.3 is 18.2 Å². The molecular weight excluding hydrogens is 544 g/mol. The number of hydrogen-bond donors (Lipinski definition) is 0. The van der Waals surface area contributed by atoms with Gasteiger partial charge in [-0.2, -0.15) is 0 Å². The van der Waals surface area contributed by atoms with Crippen LogP contribution >= 0.6 is 0 Å². The van der Waals surface area contributed by atoms with Gasteiger partial charge in [0.25, 0.3) is 0 Å². The highest BCUT2D eigenvalue weighted by Crippen LogP contribution is 2.43. The third-order valence-electron chi connectivity index (χ3n) is 8.71. The molecule has 0 aliphatic carbocycles. The first-order chi connectivity index (χ1) is 21.8. The Morgan fingerprint density at radius 3 is 1.86 bits per heavy atom.